The Morgan fingerprint density at radius 2 is 1.89 bits per heavy atom. The molecule has 1 saturated heterocycles. The molecule has 2 rings (SSSR count). The summed E-state index contributed by atoms with van der Waals surface area (Å²) in [6.07, 6.45) is 0.838. The van der Waals surface area contributed by atoms with Gasteiger partial charge in [-0.05, 0) is 25.8 Å². The van der Waals surface area contributed by atoms with Gasteiger partial charge in [-0.15, -0.1) is 0 Å². The number of rotatable bonds is 4. The second-order valence-electron chi connectivity index (χ2n) is 5.43. The molecular formula is C15H21NO3. The molecule has 4 heteroatoms. The highest BCUT2D eigenvalue weighted by molar-refractivity contribution is 5.72. The fourth-order valence-electron chi connectivity index (χ4n) is 2.53. The highest BCUT2D eigenvalue weighted by atomic mass is 16.6. The smallest absolute Gasteiger partial charge is 0.412 e. The van der Waals surface area contributed by atoms with E-state index in [1.807, 2.05) is 37.3 Å². The lowest BCUT2D eigenvalue weighted by Gasteiger charge is -2.37. The Kier molecular flexibility index (Phi) is 3.54. The lowest BCUT2D eigenvalue weighted by Crippen LogP contribution is -2.56. The maximum absolute atomic E-state index is 11.9. The number of benzene rings is 1. The molecule has 4 nitrogen and oxygen atoms in total. The highest BCUT2D eigenvalue weighted by Crippen LogP contribution is 2.39. The van der Waals surface area contributed by atoms with Crippen molar-refractivity contribution in [1.29, 1.82) is 0 Å². The first-order valence-electron chi connectivity index (χ1n) is 6.67. The van der Waals surface area contributed by atoms with Crippen molar-refractivity contribution in [3.05, 3.63) is 35.9 Å². The van der Waals surface area contributed by atoms with E-state index in [2.05, 4.69) is 0 Å². The molecule has 1 heterocycles. The molecule has 1 N–H and O–H groups in total. The standard InChI is InChI=1S/C15H21NO3/c1-4-10-16-13(17)19-14(2,15(16,3)18)11-12-8-6-5-7-9-12/h5-9,18H,4,10-11H2,1-3H3/t14-,15+/m0/s1. The van der Waals surface area contributed by atoms with E-state index in [-0.39, 0.29) is 0 Å². The van der Waals surface area contributed by atoms with Crippen molar-refractivity contribution < 1.29 is 14.6 Å². The Bertz CT molecular complexity index is 458. The molecule has 2 atom stereocenters. The summed E-state index contributed by atoms with van der Waals surface area (Å²) in [5.74, 6) is 0. The second-order valence-corrected chi connectivity index (χ2v) is 5.43. The van der Waals surface area contributed by atoms with E-state index < -0.39 is 17.4 Å². The average Bonchev–Trinajstić information content (AvgIpc) is 2.51. The first kappa shape index (κ1) is 13.9. The lowest BCUT2D eigenvalue weighted by molar-refractivity contribution is -0.135. The van der Waals surface area contributed by atoms with E-state index in [4.69, 9.17) is 4.74 Å². The van der Waals surface area contributed by atoms with Gasteiger partial charge in [0, 0.05) is 13.0 Å². The number of hydrogen-bond donors (Lipinski definition) is 1. The van der Waals surface area contributed by atoms with Crippen molar-refractivity contribution >= 4 is 6.09 Å². The molecule has 0 unspecified atom stereocenters. The summed E-state index contributed by atoms with van der Waals surface area (Å²) >= 11 is 0. The largest absolute Gasteiger partial charge is 0.438 e. The van der Waals surface area contributed by atoms with E-state index in [9.17, 15) is 9.90 Å². The van der Waals surface area contributed by atoms with Gasteiger partial charge >= 0.3 is 6.09 Å². The van der Waals surface area contributed by atoms with Crippen LogP contribution in [0.5, 0.6) is 0 Å². The summed E-state index contributed by atoms with van der Waals surface area (Å²) in [5.41, 5.74) is -1.19. The molecule has 0 aromatic heterocycles. The number of amides is 1. The van der Waals surface area contributed by atoms with Gasteiger partial charge in [0.1, 0.15) is 0 Å². The molecule has 1 aromatic carbocycles. The highest BCUT2D eigenvalue weighted by Gasteiger charge is 2.58. The zero-order valence-corrected chi connectivity index (χ0v) is 11.7. The Morgan fingerprint density at radius 1 is 1.26 bits per heavy atom. The number of aliphatic hydroxyl groups is 1. The lowest BCUT2D eigenvalue weighted by atomic mass is 9.86. The zero-order valence-electron chi connectivity index (χ0n) is 11.7. The predicted molar refractivity (Wildman–Crippen MR) is 72.7 cm³/mol. The van der Waals surface area contributed by atoms with Crippen molar-refractivity contribution in [3.63, 3.8) is 0 Å². The Labute approximate surface area is 114 Å². The minimum absolute atomic E-state index is 0.440. The van der Waals surface area contributed by atoms with E-state index in [1.54, 1.807) is 13.8 Å². The maximum atomic E-state index is 11.9. The van der Waals surface area contributed by atoms with Gasteiger partial charge in [-0.1, -0.05) is 37.3 Å². The van der Waals surface area contributed by atoms with Crippen LogP contribution in [0.25, 0.3) is 0 Å². The summed E-state index contributed by atoms with van der Waals surface area (Å²) in [5, 5.41) is 10.7. The molecule has 0 aliphatic carbocycles. The van der Waals surface area contributed by atoms with Crippen LogP contribution in [0.15, 0.2) is 30.3 Å². The Morgan fingerprint density at radius 3 is 2.47 bits per heavy atom. The van der Waals surface area contributed by atoms with E-state index in [1.165, 1.54) is 4.90 Å². The maximum Gasteiger partial charge on any atom is 0.412 e. The van der Waals surface area contributed by atoms with Crippen LogP contribution >= 0.6 is 0 Å². The van der Waals surface area contributed by atoms with Gasteiger partial charge < -0.3 is 9.84 Å². The minimum atomic E-state index is -1.30. The summed E-state index contributed by atoms with van der Waals surface area (Å²) < 4.78 is 5.47. The van der Waals surface area contributed by atoms with Crippen LogP contribution in [-0.2, 0) is 11.2 Å². The molecule has 0 radical (unpaired) electrons. The number of cyclic esters (lactones) is 1. The van der Waals surface area contributed by atoms with Gasteiger partial charge in [-0.2, -0.15) is 0 Å². The van der Waals surface area contributed by atoms with Crippen LogP contribution in [0.3, 0.4) is 0 Å². The number of carbonyl (C=O) groups is 1. The number of nitrogens with zero attached hydrogens (tertiary/aromatic N) is 1. The number of carbonyl (C=O) groups excluding carboxylic acids is 1. The fourth-order valence-corrected chi connectivity index (χ4v) is 2.53. The van der Waals surface area contributed by atoms with Crippen molar-refractivity contribution in [2.75, 3.05) is 6.54 Å². The molecule has 19 heavy (non-hydrogen) atoms. The van der Waals surface area contributed by atoms with E-state index in [0.717, 1.165) is 12.0 Å². The van der Waals surface area contributed by atoms with E-state index in [0.29, 0.717) is 13.0 Å². The molecule has 104 valence electrons. The van der Waals surface area contributed by atoms with Crippen molar-refractivity contribution in [3.8, 4) is 0 Å². The molecule has 1 aromatic rings. The molecule has 0 saturated carbocycles. The first-order chi connectivity index (χ1) is 8.90. The van der Waals surface area contributed by atoms with Gasteiger partial charge in [0.25, 0.3) is 0 Å². The second kappa shape index (κ2) is 4.85. The molecular weight excluding hydrogens is 242 g/mol. The molecule has 1 fully saturated rings. The number of hydrogen-bond acceptors (Lipinski definition) is 3. The van der Waals surface area contributed by atoms with Gasteiger partial charge in [0.05, 0.1) is 0 Å². The molecule has 1 amide bonds. The van der Waals surface area contributed by atoms with Gasteiger partial charge in [0.2, 0.25) is 0 Å². The normalized spacial score (nSPS) is 30.5. The predicted octanol–water partition coefficient (Wildman–Crippen LogP) is 2.56. The van der Waals surface area contributed by atoms with Crippen LogP contribution in [-0.4, -0.2) is 34.0 Å². The van der Waals surface area contributed by atoms with Crippen LogP contribution in [0.4, 0.5) is 4.79 Å². The third kappa shape index (κ3) is 2.32. The Balaban J connectivity index is 2.26. The molecule has 0 bridgehead atoms. The van der Waals surface area contributed by atoms with E-state index >= 15 is 0 Å². The average molecular weight is 263 g/mol. The quantitative estimate of drug-likeness (QED) is 0.908. The summed E-state index contributed by atoms with van der Waals surface area (Å²) in [6, 6.07) is 9.76. The van der Waals surface area contributed by atoms with Crippen molar-refractivity contribution in [1.82, 2.24) is 4.90 Å². The fraction of sp³-hybridized carbons (Fsp3) is 0.533. The molecule has 0 spiro atoms. The zero-order chi connectivity index (χ0) is 14.1. The van der Waals surface area contributed by atoms with Gasteiger partial charge in [-0.25, -0.2) is 4.79 Å². The topological polar surface area (TPSA) is 49.8 Å². The monoisotopic (exact) mass is 263 g/mol. The Hall–Kier alpha value is -1.55. The molecule has 1 aliphatic heterocycles. The number of ether oxygens (including phenoxy) is 1. The summed E-state index contributed by atoms with van der Waals surface area (Å²) in [6.45, 7) is 5.90. The van der Waals surface area contributed by atoms with Crippen LogP contribution in [0, 0.1) is 0 Å². The third-order valence-corrected chi connectivity index (χ3v) is 3.89. The SMILES string of the molecule is CCCN1C(=O)O[C@@](C)(Cc2ccccc2)[C@@]1(C)O. The van der Waals surface area contributed by atoms with Gasteiger partial charge in [0.15, 0.2) is 11.3 Å². The summed E-state index contributed by atoms with van der Waals surface area (Å²) in [7, 11) is 0. The van der Waals surface area contributed by atoms with Crippen LogP contribution in [0.2, 0.25) is 0 Å². The third-order valence-electron chi connectivity index (χ3n) is 3.89. The summed E-state index contributed by atoms with van der Waals surface area (Å²) in [4.78, 5) is 13.3. The van der Waals surface area contributed by atoms with Gasteiger partial charge in [-0.3, -0.25) is 4.90 Å². The minimum Gasteiger partial charge on any atom is -0.438 e. The van der Waals surface area contributed by atoms with Crippen molar-refractivity contribution in [2.24, 2.45) is 0 Å². The van der Waals surface area contributed by atoms with Crippen LogP contribution < -0.4 is 0 Å². The first-order valence-corrected chi connectivity index (χ1v) is 6.67. The van der Waals surface area contributed by atoms with Crippen molar-refractivity contribution in [2.45, 2.75) is 44.9 Å². The molecule has 1 aliphatic rings. The van der Waals surface area contributed by atoms with Crippen LogP contribution in [0.1, 0.15) is 32.8 Å².